The summed E-state index contributed by atoms with van der Waals surface area (Å²) in [6, 6.07) is 5.73. The third kappa shape index (κ3) is 5.55. The van der Waals surface area contributed by atoms with E-state index in [-0.39, 0.29) is 0 Å². The van der Waals surface area contributed by atoms with Crippen molar-refractivity contribution in [3.63, 3.8) is 0 Å². The lowest BCUT2D eigenvalue weighted by Crippen LogP contribution is -2.40. The summed E-state index contributed by atoms with van der Waals surface area (Å²) in [6.07, 6.45) is 3.47. The molecule has 0 fully saturated rings. The molecule has 0 spiro atoms. The van der Waals surface area contributed by atoms with E-state index in [1.54, 1.807) is 39.3 Å². The Bertz CT molecular complexity index is 318. The molecule has 0 aliphatic carbocycles. The summed E-state index contributed by atoms with van der Waals surface area (Å²) in [4.78, 5) is 3.98. The van der Waals surface area contributed by atoms with Crippen LogP contribution in [0.25, 0.3) is 6.08 Å². The van der Waals surface area contributed by atoms with Crippen molar-refractivity contribution in [2.24, 2.45) is 0 Å². The molecule has 17 heavy (non-hydrogen) atoms. The predicted octanol–water partition coefficient (Wildman–Crippen LogP) is 2.31. The Balaban J connectivity index is 0.000000302. The molecule has 0 aromatic carbocycles. The van der Waals surface area contributed by atoms with E-state index < -0.39 is 8.80 Å². The Hall–Kier alpha value is -1.27. The standard InChI is InChI=1S/C7H7N.C5H12O3Si/c1-2-7-5-3-4-6-8-7;1-5-9(6-2,7-3)8-4/h2-6H,1H2;5H,1H2,2-4H3. The Labute approximate surface area is 104 Å². The quantitative estimate of drug-likeness (QED) is 0.755. The Morgan fingerprint density at radius 1 is 1.12 bits per heavy atom. The van der Waals surface area contributed by atoms with Crippen LogP contribution in [-0.2, 0) is 13.3 Å². The highest BCUT2D eigenvalue weighted by atomic mass is 28.4. The highest BCUT2D eigenvalue weighted by Gasteiger charge is 2.33. The van der Waals surface area contributed by atoms with Gasteiger partial charge in [-0.15, -0.1) is 0 Å². The third-order valence-corrected chi connectivity index (χ3v) is 4.21. The summed E-state index contributed by atoms with van der Waals surface area (Å²) in [5, 5.41) is 0. The molecular formula is C12H19NO3Si. The minimum absolute atomic E-state index is 0.924. The van der Waals surface area contributed by atoms with Gasteiger partial charge in [0.2, 0.25) is 0 Å². The van der Waals surface area contributed by atoms with Crippen molar-refractivity contribution in [1.29, 1.82) is 0 Å². The van der Waals surface area contributed by atoms with Gasteiger partial charge < -0.3 is 13.3 Å². The summed E-state index contributed by atoms with van der Waals surface area (Å²) < 4.78 is 14.9. The van der Waals surface area contributed by atoms with Crippen LogP contribution < -0.4 is 0 Å². The zero-order valence-electron chi connectivity index (χ0n) is 10.6. The molecule has 0 saturated heterocycles. The van der Waals surface area contributed by atoms with Gasteiger partial charge in [-0.2, -0.15) is 0 Å². The first kappa shape index (κ1) is 15.7. The molecule has 4 nitrogen and oxygen atoms in total. The first-order valence-corrected chi connectivity index (χ1v) is 6.80. The van der Waals surface area contributed by atoms with Crippen LogP contribution in [0.1, 0.15) is 5.69 Å². The molecule has 1 rings (SSSR count). The largest absolute Gasteiger partial charge is 0.528 e. The van der Waals surface area contributed by atoms with Gasteiger partial charge in [-0.1, -0.05) is 19.2 Å². The van der Waals surface area contributed by atoms with Crippen molar-refractivity contribution in [1.82, 2.24) is 4.98 Å². The zero-order valence-corrected chi connectivity index (χ0v) is 11.6. The van der Waals surface area contributed by atoms with E-state index in [2.05, 4.69) is 18.1 Å². The van der Waals surface area contributed by atoms with E-state index in [4.69, 9.17) is 13.3 Å². The molecule has 94 valence electrons. The van der Waals surface area contributed by atoms with Gasteiger partial charge in [0, 0.05) is 27.5 Å². The normalized spacial score (nSPS) is 10.1. The summed E-state index contributed by atoms with van der Waals surface area (Å²) >= 11 is 0. The maximum absolute atomic E-state index is 4.96. The number of rotatable bonds is 5. The van der Waals surface area contributed by atoms with Gasteiger partial charge in [0.25, 0.3) is 0 Å². The Morgan fingerprint density at radius 3 is 1.88 bits per heavy atom. The molecule has 0 amide bonds. The fourth-order valence-corrected chi connectivity index (χ4v) is 2.00. The van der Waals surface area contributed by atoms with Crippen molar-refractivity contribution >= 4 is 14.9 Å². The highest BCUT2D eigenvalue weighted by Crippen LogP contribution is 2.04. The predicted molar refractivity (Wildman–Crippen MR) is 71.3 cm³/mol. The van der Waals surface area contributed by atoms with Crippen LogP contribution in [0.5, 0.6) is 0 Å². The number of pyridine rings is 1. The number of hydrogen-bond acceptors (Lipinski definition) is 4. The maximum atomic E-state index is 4.96. The molecule has 5 heteroatoms. The average Bonchev–Trinajstić information content (AvgIpc) is 2.44. The van der Waals surface area contributed by atoms with Crippen LogP contribution in [0, 0.1) is 0 Å². The van der Waals surface area contributed by atoms with E-state index >= 15 is 0 Å². The highest BCUT2D eigenvalue weighted by molar-refractivity contribution is 6.66. The molecule has 0 bridgehead atoms. The lowest BCUT2D eigenvalue weighted by molar-refractivity contribution is 0.138. The molecule has 1 heterocycles. The Kier molecular flexibility index (Phi) is 8.17. The molecule has 1 aromatic rings. The van der Waals surface area contributed by atoms with Crippen LogP contribution in [0.3, 0.4) is 0 Å². The zero-order chi connectivity index (χ0) is 13.1. The minimum Gasteiger partial charge on any atom is -0.374 e. The van der Waals surface area contributed by atoms with E-state index in [1.165, 1.54) is 0 Å². The van der Waals surface area contributed by atoms with Crippen LogP contribution in [-0.4, -0.2) is 35.1 Å². The molecular weight excluding hydrogens is 234 g/mol. The minimum atomic E-state index is -2.43. The number of aromatic nitrogens is 1. The summed E-state index contributed by atoms with van der Waals surface area (Å²) in [7, 11) is 2.20. The SMILES string of the molecule is C=C[Si](OC)(OC)OC.C=Cc1ccccn1. The van der Waals surface area contributed by atoms with Gasteiger partial charge in [-0.3, -0.25) is 4.98 Å². The van der Waals surface area contributed by atoms with Crippen LogP contribution in [0.2, 0.25) is 0 Å². The van der Waals surface area contributed by atoms with E-state index in [1.807, 2.05) is 18.2 Å². The van der Waals surface area contributed by atoms with Crippen LogP contribution >= 0.6 is 0 Å². The average molecular weight is 253 g/mol. The Morgan fingerprint density at radius 2 is 1.71 bits per heavy atom. The summed E-state index contributed by atoms with van der Waals surface area (Å²) in [5.74, 6) is 0. The van der Waals surface area contributed by atoms with E-state index in [0.29, 0.717) is 0 Å². The summed E-state index contributed by atoms with van der Waals surface area (Å²) in [6.45, 7) is 7.10. The number of hydrogen-bond donors (Lipinski definition) is 0. The number of nitrogens with zero attached hydrogens (tertiary/aromatic N) is 1. The topological polar surface area (TPSA) is 40.6 Å². The molecule has 0 unspecified atom stereocenters. The molecule has 0 saturated carbocycles. The van der Waals surface area contributed by atoms with E-state index in [0.717, 1.165) is 5.69 Å². The van der Waals surface area contributed by atoms with Gasteiger partial charge in [-0.25, -0.2) is 0 Å². The van der Waals surface area contributed by atoms with Gasteiger partial charge >= 0.3 is 8.80 Å². The molecule has 0 radical (unpaired) electrons. The third-order valence-electron chi connectivity index (χ3n) is 2.00. The molecule has 0 aliphatic heterocycles. The van der Waals surface area contributed by atoms with Crippen LogP contribution in [0.4, 0.5) is 0 Å². The fraction of sp³-hybridized carbons (Fsp3) is 0.250. The molecule has 0 aliphatic rings. The van der Waals surface area contributed by atoms with Crippen molar-refractivity contribution < 1.29 is 13.3 Å². The first-order valence-electron chi connectivity index (χ1n) is 5.00. The molecule has 0 N–H and O–H groups in total. The smallest absolute Gasteiger partial charge is 0.374 e. The van der Waals surface area contributed by atoms with Gasteiger partial charge in [0.15, 0.2) is 0 Å². The van der Waals surface area contributed by atoms with Gasteiger partial charge in [0.1, 0.15) is 0 Å². The lowest BCUT2D eigenvalue weighted by atomic mass is 10.4. The molecule has 1 aromatic heterocycles. The lowest BCUT2D eigenvalue weighted by Gasteiger charge is -2.19. The second-order valence-electron chi connectivity index (χ2n) is 2.88. The van der Waals surface area contributed by atoms with Gasteiger partial charge in [-0.05, 0) is 23.9 Å². The monoisotopic (exact) mass is 253 g/mol. The molecule has 0 atom stereocenters. The fourth-order valence-electron chi connectivity index (χ4n) is 0.997. The second kappa shape index (κ2) is 8.83. The van der Waals surface area contributed by atoms with Crippen molar-refractivity contribution in [3.8, 4) is 0 Å². The van der Waals surface area contributed by atoms with Crippen molar-refractivity contribution in [2.45, 2.75) is 0 Å². The van der Waals surface area contributed by atoms with Gasteiger partial charge in [0.05, 0.1) is 5.69 Å². The first-order chi connectivity index (χ1) is 8.17. The van der Waals surface area contributed by atoms with Crippen LogP contribution in [0.15, 0.2) is 43.3 Å². The van der Waals surface area contributed by atoms with Crippen molar-refractivity contribution in [3.05, 3.63) is 48.9 Å². The summed E-state index contributed by atoms with van der Waals surface area (Å²) in [5.41, 5.74) is 2.50. The van der Waals surface area contributed by atoms with E-state index in [9.17, 15) is 0 Å². The van der Waals surface area contributed by atoms with Crippen molar-refractivity contribution in [2.75, 3.05) is 21.3 Å². The maximum Gasteiger partial charge on any atom is 0.528 e. The second-order valence-corrected chi connectivity index (χ2v) is 5.72.